The monoisotopic (exact) mass is 518 g/mol. The number of imide groups is 1. The molecule has 5 atom stereocenters. The fraction of sp³-hybridized carbons (Fsp3) is 0.259. The number of fused-ring (bicyclic) bond motifs is 12. The van der Waals surface area contributed by atoms with Crippen LogP contribution in [0.5, 0.6) is 0 Å². The Morgan fingerprint density at radius 3 is 2.05 bits per heavy atom. The van der Waals surface area contributed by atoms with Crippen molar-refractivity contribution in [2.45, 2.75) is 30.6 Å². The van der Waals surface area contributed by atoms with Crippen LogP contribution in [0, 0.1) is 0 Å². The maximum atomic E-state index is 13.2. The molecule has 5 aromatic rings. The van der Waals surface area contributed by atoms with E-state index < -0.39 is 42.4 Å². The smallest absolute Gasteiger partial charge is 0.259 e. The Bertz CT molecular complexity index is 1820. The molecule has 37 heavy (non-hydrogen) atoms. The predicted octanol–water partition coefficient (Wildman–Crippen LogP) is -1.14. The molecular weight excluding hydrogens is 496 g/mol. The summed E-state index contributed by atoms with van der Waals surface area (Å²) in [5, 5.41) is 17.5. The number of aromatic nitrogens is 2. The van der Waals surface area contributed by atoms with Crippen LogP contribution in [0.4, 0.5) is 0 Å². The summed E-state index contributed by atoms with van der Waals surface area (Å²) in [4.78, 5) is 26.4. The number of quaternary nitrogens is 1. The third kappa shape index (κ3) is 2.48. The summed E-state index contributed by atoms with van der Waals surface area (Å²) in [7, 11) is 1.58. The molecule has 5 heterocycles. The zero-order valence-electron chi connectivity index (χ0n) is 19.8. The molecule has 0 saturated carbocycles. The van der Waals surface area contributed by atoms with Gasteiger partial charge in [-0.25, -0.2) is 0 Å². The molecule has 3 aliphatic heterocycles. The second-order valence-electron chi connectivity index (χ2n) is 9.79. The minimum Gasteiger partial charge on any atom is -1.00 e. The maximum absolute atomic E-state index is 13.2. The van der Waals surface area contributed by atoms with E-state index in [1.807, 2.05) is 48.5 Å². The molecule has 0 aliphatic carbocycles. The van der Waals surface area contributed by atoms with Crippen LogP contribution in [-0.2, 0) is 9.47 Å². The first-order chi connectivity index (χ1) is 17.6. The van der Waals surface area contributed by atoms with Gasteiger partial charge in [0.05, 0.1) is 27.7 Å². The Balaban J connectivity index is 0.00000231. The number of rotatable bonds is 2. The molecule has 5 N–H and O–H groups in total. The second-order valence-corrected chi connectivity index (χ2v) is 9.79. The van der Waals surface area contributed by atoms with Crippen molar-refractivity contribution in [3.8, 4) is 0 Å². The molecule has 10 heteroatoms. The summed E-state index contributed by atoms with van der Waals surface area (Å²) in [6.45, 7) is 0.428. The highest BCUT2D eigenvalue weighted by molar-refractivity contribution is 6.39. The fourth-order valence-corrected chi connectivity index (χ4v) is 6.94. The number of nitrogens with zero attached hydrogens (tertiary/aromatic N) is 2. The number of benzene rings is 3. The second kappa shape index (κ2) is 7.53. The number of carbonyl (C=O) groups is 2. The summed E-state index contributed by atoms with van der Waals surface area (Å²) < 4.78 is 16.6. The van der Waals surface area contributed by atoms with Crippen molar-refractivity contribution >= 4 is 55.4 Å². The summed E-state index contributed by atoms with van der Waals surface area (Å²) in [5.41, 5.74) is 8.24. The molecule has 0 bridgehead atoms. The zero-order chi connectivity index (χ0) is 24.5. The molecular formula is C27H23ClN4O5. The molecule has 3 aliphatic rings. The lowest BCUT2D eigenvalue weighted by molar-refractivity contribution is -0.405. The van der Waals surface area contributed by atoms with Crippen LogP contribution >= 0.6 is 0 Å². The first kappa shape index (κ1) is 22.7. The highest BCUT2D eigenvalue weighted by Gasteiger charge is 2.52. The lowest BCUT2D eigenvalue weighted by atomic mass is 9.92. The largest absolute Gasteiger partial charge is 1.00 e. The van der Waals surface area contributed by atoms with Crippen molar-refractivity contribution in [2.75, 3.05) is 13.7 Å². The Morgan fingerprint density at radius 2 is 1.49 bits per heavy atom. The average Bonchev–Trinajstić information content (AvgIpc) is 3.51. The molecule has 3 aromatic carbocycles. The van der Waals surface area contributed by atoms with Gasteiger partial charge in [-0.3, -0.25) is 14.9 Å². The highest BCUT2D eigenvalue weighted by Crippen LogP contribution is 2.53. The van der Waals surface area contributed by atoms with Gasteiger partial charge >= 0.3 is 0 Å². The third-order valence-corrected chi connectivity index (χ3v) is 8.25. The standard InChI is InChI=1S/C27H22N4O5.ClH/c1-35-24-15(10-28)36-27-22(23(24)32)30-13-8-4-2-6-11(13)16-18-19(26(34)29-25(18)33)17-12-7-3-5-9-14(12)31(27)21(17)20(16)30;/h2-9,15,22-24,27,32H,10,28H2,1H3,(H,29,33,34);1H/t15-,22+,23-,24-,27-;/m1./s1. The number of para-hydroxylation sites is 2. The van der Waals surface area contributed by atoms with E-state index in [9.17, 15) is 14.7 Å². The van der Waals surface area contributed by atoms with Crippen LogP contribution in [0.2, 0.25) is 0 Å². The van der Waals surface area contributed by atoms with E-state index in [4.69, 9.17) is 9.47 Å². The number of hydrogen-bond acceptors (Lipinski definition) is 5. The molecule has 1 saturated heterocycles. The molecule has 8 rings (SSSR count). The van der Waals surface area contributed by atoms with Crippen LogP contribution in [-0.4, -0.2) is 58.0 Å². The van der Waals surface area contributed by atoms with E-state index in [2.05, 4.69) is 20.2 Å². The van der Waals surface area contributed by atoms with E-state index in [-0.39, 0.29) is 12.4 Å². The van der Waals surface area contributed by atoms with Gasteiger partial charge in [0.25, 0.3) is 11.8 Å². The van der Waals surface area contributed by atoms with Crippen molar-refractivity contribution in [2.24, 2.45) is 0 Å². The SMILES string of the molecule is CO[C@H]1[C@H](O)[C@H]2[C@@H](O[C@@H]1C[NH3+])n1c3ccccc3c3c4c(c5c6ccccc6n2c5c31)C(=O)NC4=O.[Cl-]. The average molecular weight is 519 g/mol. The van der Waals surface area contributed by atoms with E-state index in [1.54, 1.807) is 7.11 Å². The lowest BCUT2D eigenvalue weighted by Crippen LogP contribution is -3.00. The Labute approximate surface area is 216 Å². The molecule has 0 spiro atoms. The van der Waals surface area contributed by atoms with Crippen molar-refractivity contribution in [1.82, 2.24) is 14.5 Å². The Morgan fingerprint density at radius 1 is 0.946 bits per heavy atom. The van der Waals surface area contributed by atoms with Gasteiger partial charge in [0, 0.05) is 34.2 Å². The summed E-state index contributed by atoms with van der Waals surface area (Å²) in [6, 6.07) is 15.1. The molecule has 2 amide bonds. The van der Waals surface area contributed by atoms with E-state index in [0.717, 1.165) is 43.6 Å². The number of ether oxygens (including phenoxy) is 2. The van der Waals surface area contributed by atoms with Gasteiger partial charge in [-0.05, 0) is 12.1 Å². The van der Waals surface area contributed by atoms with Gasteiger partial charge in [-0.1, -0.05) is 36.4 Å². The van der Waals surface area contributed by atoms with E-state index in [0.29, 0.717) is 17.7 Å². The van der Waals surface area contributed by atoms with E-state index in [1.165, 1.54) is 0 Å². The molecule has 9 nitrogen and oxygen atoms in total. The summed E-state index contributed by atoms with van der Waals surface area (Å²) >= 11 is 0. The van der Waals surface area contributed by atoms with Gasteiger partial charge in [-0.2, -0.15) is 0 Å². The van der Waals surface area contributed by atoms with Crippen molar-refractivity contribution in [1.29, 1.82) is 0 Å². The number of aliphatic hydroxyl groups excluding tert-OH is 1. The maximum Gasteiger partial charge on any atom is 0.259 e. The molecule has 1 fully saturated rings. The summed E-state index contributed by atoms with van der Waals surface area (Å²) in [5.74, 6) is -0.787. The number of amides is 2. The molecule has 2 aromatic heterocycles. The van der Waals surface area contributed by atoms with Gasteiger partial charge in [0.2, 0.25) is 0 Å². The topological polar surface area (TPSA) is 122 Å². The lowest BCUT2D eigenvalue weighted by Gasteiger charge is -2.46. The number of nitrogens with one attached hydrogen (secondary N) is 1. The van der Waals surface area contributed by atoms with Crippen LogP contribution in [0.25, 0.3) is 43.6 Å². The van der Waals surface area contributed by atoms with Gasteiger partial charge in [-0.15, -0.1) is 0 Å². The fourth-order valence-electron chi connectivity index (χ4n) is 6.94. The Kier molecular flexibility index (Phi) is 4.62. The van der Waals surface area contributed by atoms with Gasteiger partial charge in [0.1, 0.15) is 30.9 Å². The molecule has 188 valence electrons. The molecule has 0 radical (unpaired) electrons. The third-order valence-electron chi connectivity index (χ3n) is 8.25. The minimum absolute atomic E-state index is 0. The van der Waals surface area contributed by atoms with Gasteiger partial charge in [0.15, 0.2) is 6.23 Å². The van der Waals surface area contributed by atoms with Gasteiger partial charge < -0.3 is 41.9 Å². The Hall–Kier alpha value is -3.47. The van der Waals surface area contributed by atoms with Crippen molar-refractivity contribution in [3.63, 3.8) is 0 Å². The normalized spacial score (nSPS) is 26.2. The van der Waals surface area contributed by atoms with Crippen molar-refractivity contribution in [3.05, 3.63) is 59.7 Å². The van der Waals surface area contributed by atoms with Crippen LogP contribution in [0.3, 0.4) is 0 Å². The van der Waals surface area contributed by atoms with E-state index >= 15 is 0 Å². The number of halogens is 1. The highest BCUT2D eigenvalue weighted by atomic mass is 35.5. The van der Waals surface area contributed by atoms with Crippen LogP contribution in [0.15, 0.2) is 48.5 Å². The van der Waals surface area contributed by atoms with Crippen LogP contribution < -0.4 is 23.5 Å². The zero-order valence-corrected chi connectivity index (χ0v) is 20.5. The quantitative estimate of drug-likeness (QED) is 0.255. The number of carbonyl (C=O) groups excluding carboxylic acids is 2. The minimum atomic E-state index is -0.896. The number of hydrogen-bond donors (Lipinski definition) is 3. The predicted molar refractivity (Wildman–Crippen MR) is 132 cm³/mol. The first-order valence-electron chi connectivity index (χ1n) is 12.1. The van der Waals surface area contributed by atoms with Crippen LogP contribution in [0.1, 0.15) is 33.0 Å². The summed E-state index contributed by atoms with van der Waals surface area (Å²) in [6.07, 6.45) is -2.45. The number of aliphatic hydroxyl groups is 1. The van der Waals surface area contributed by atoms with Crippen molar-refractivity contribution < 1.29 is 42.3 Å². The molecule has 0 unspecified atom stereocenters. The first-order valence-corrected chi connectivity index (χ1v) is 12.1. The number of methoxy groups -OCH3 is 1.